The number of amides is 1. The van der Waals surface area contributed by atoms with Crippen LogP contribution >= 0.6 is 11.3 Å². The molecule has 7 nitrogen and oxygen atoms in total. The fourth-order valence-electron chi connectivity index (χ4n) is 2.89. The third-order valence-corrected chi connectivity index (χ3v) is 5.72. The Hall–Kier alpha value is -3.26. The first-order chi connectivity index (χ1) is 13.9. The maximum Gasteiger partial charge on any atom is 0.348 e. The van der Waals surface area contributed by atoms with Crippen LogP contribution in [0.3, 0.4) is 0 Å². The summed E-state index contributed by atoms with van der Waals surface area (Å²) >= 11 is 1.16. The van der Waals surface area contributed by atoms with Crippen LogP contribution in [0.25, 0.3) is 10.1 Å². The lowest BCUT2D eigenvalue weighted by atomic mass is 9.97. The molecule has 1 amide bonds. The lowest BCUT2D eigenvalue weighted by Gasteiger charge is -2.15. The van der Waals surface area contributed by atoms with Gasteiger partial charge in [-0.05, 0) is 36.1 Å². The van der Waals surface area contributed by atoms with Gasteiger partial charge in [-0.25, -0.2) is 4.79 Å². The summed E-state index contributed by atoms with van der Waals surface area (Å²) in [5, 5.41) is 14.2. The zero-order valence-electron chi connectivity index (χ0n) is 16.0. The van der Waals surface area contributed by atoms with E-state index in [0.717, 1.165) is 28.0 Å². The number of para-hydroxylation sites is 1. The molecule has 8 heteroatoms. The molecule has 0 radical (unpaired) electrons. The van der Waals surface area contributed by atoms with Crippen LogP contribution in [-0.4, -0.2) is 23.4 Å². The first-order valence-electron chi connectivity index (χ1n) is 9.13. The van der Waals surface area contributed by atoms with E-state index in [1.54, 1.807) is 6.07 Å². The highest BCUT2D eigenvalue weighted by atomic mass is 32.1. The van der Waals surface area contributed by atoms with Gasteiger partial charge in [0.05, 0.1) is 4.92 Å². The number of nitrogens with zero attached hydrogens (tertiary/aromatic N) is 1. The molecule has 1 atom stereocenters. The molecule has 150 valence electrons. The number of fused-ring (bicyclic) bond motifs is 1. The number of nitro groups is 1. The normalized spacial score (nSPS) is 11.8. The number of benzene rings is 2. The topological polar surface area (TPSA) is 98.5 Å². The van der Waals surface area contributed by atoms with E-state index in [1.807, 2.05) is 24.3 Å². The van der Waals surface area contributed by atoms with E-state index in [-0.39, 0.29) is 16.5 Å². The molecule has 0 saturated carbocycles. The van der Waals surface area contributed by atoms with Gasteiger partial charge in [0.15, 0.2) is 6.61 Å². The first-order valence-corrected chi connectivity index (χ1v) is 9.94. The molecule has 1 N–H and O–H groups in total. The van der Waals surface area contributed by atoms with E-state index in [2.05, 4.69) is 19.2 Å². The summed E-state index contributed by atoms with van der Waals surface area (Å²) in [5.74, 6) is -0.776. The van der Waals surface area contributed by atoms with Crippen molar-refractivity contribution in [2.24, 2.45) is 0 Å². The van der Waals surface area contributed by atoms with Gasteiger partial charge in [0, 0.05) is 27.9 Å². The van der Waals surface area contributed by atoms with Gasteiger partial charge in [0.2, 0.25) is 0 Å². The molecule has 1 heterocycles. The summed E-state index contributed by atoms with van der Waals surface area (Å²) < 4.78 is 5.85. The van der Waals surface area contributed by atoms with Gasteiger partial charge in [-0.2, -0.15) is 0 Å². The third-order valence-electron chi connectivity index (χ3n) is 4.62. The molecule has 2 aromatic carbocycles. The number of carbonyl (C=O) groups is 2. The molecule has 0 aliphatic carbocycles. The molecule has 0 spiro atoms. The smallest absolute Gasteiger partial charge is 0.348 e. The number of hydrogen-bond acceptors (Lipinski definition) is 6. The van der Waals surface area contributed by atoms with Crippen LogP contribution in [0, 0.1) is 10.1 Å². The molecule has 0 bridgehead atoms. The molecule has 0 aliphatic rings. The standard InChI is InChI=1S/C21H20N2O5S/c1-3-13(2)16-6-4-5-7-17(16)22-20(24)12-28-21(25)19-11-14-10-15(23(26)27)8-9-18(14)29-19/h4-11,13H,3,12H2,1-2H3,(H,22,24)/t13-/m1/s1. The Balaban J connectivity index is 1.64. The molecule has 3 aromatic rings. The molecule has 0 unspecified atom stereocenters. The SMILES string of the molecule is CC[C@@H](C)c1ccccc1NC(=O)COC(=O)c1cc2cc([N+](=O)[O-])ccc2s1. The van der Waals surface area contributed by atoms with Crippen molar-refractivity contribution in [2.45, 2.75) is 26.2 Å². The van der Waals surface area contributed by atoms with Crippen molar-refractivity contribution < 1.29 is 19.2 Å². The monoisotopic (exact) mass is 412 g/mol. The van der Waals surface area contributed by atoms with Gasteiger partial charge in [-0.1, -0.05) is 32.0 Å². The average molecular weight is 412 g/mol. The quantitative estimate of drug-likeness (QED) is 0.330. The minimum atomic E-state index is -0.640. The van der Waals surface area contributed by atoms with E-state index in [0.29, 0.717) is 11.1 Å². The summed E-state index contributed by atoms with van der Waals surface area (Å²) in [6, 6.07) is 13.5. The van der Waals surface area contributed by atoms with Crippen molar-refractivity contribution in [1.29, 1.82) is 0 Å². The number of nitro benzene ring substituents is 1. The number of nitrogens with one attached hydrogen (secondary N) is 1. The second kappa shape index (κ2) is 8.83. The van der Waals surface area contributed by atoms with Gasteiger partial charge in [-0.3, -0.25) is 14.9 Å². The Morgan fingerprint density at radius 3 is 2.69 bits per heavy atom. The number of esters is 1. The second-order valence-corrected chi connectivity index (χ2v) is 7.69. The zero-order valence-corrected chi connectivity index (χ0v) is 16.8. The van der Waals surface area contributed by atoms with E-state index in [1.165, 1.54) is 18.2 Å². The summed E-state index contributed by atoms with van der Waals surface area (Å²) in [7, 11) is 0. The fourth-order valence-corrected chi connectivity index (χ4v) is 3.83. The summed E-state index contributed by atoms with van der Waals surface area (Å²) in [6.07, 6.45) is 0.936. The van der Waals surface area contributed by atoms with Crippen molar-refractivity contribution in [1.82, 2.24) is 0 Å². The molecule has 29 heavy (non-hydrogen) atoms. The minimum absolute atomic E-state index is 0.0467. The predicted molar refractivity (Wildman–Crippen MR) is 113 cm³/mol. The van der Waals surface area contributed by atoms with E-state index in [4.69, 9.17) is 4.74 Å². The molecule has 0 aliphatic heterocycles. The summed E-state index contributed by atoms with van der Waals surface area (Å²) in [5.41, 5.74) is 1.69. The summed E-state index contributed by atoms with van der Waals surface area (Å²) in [4.78, 5) is 35.2. The second-order valence-electron chi connectivity index (χ2n) is 6.61. The Morgan fingerprint density at radius 1 is 1.21 bits per heavy atom. The number of rotatable bonds is 7. The maximum absolute atomic E-state index is 12.3. The minimum Gasteiger partial charge on any atom is -0.451 e. The number of ether oxygens (including phenoxy) is 1. The lowest BCUT2D eigenvalue weighted by molar-refractivity contribution is -0.384. The number of thiophene rings is 1. The third kappa shape index (κ3) is 4.78. The molecule has 1 aromatic heterocycles. The average Bonchev–Trinajstić information content (AvgIpc) is 3.15. The van der Waals surface area contributed by atoms with Crippen LogP contribution in [0.15, 0.2) is 48.5 Å². The van der Waals surface area contributed by atoms with Gasteiger partial charge >= 0.3 is 5.97 Å². The first kappa shape index (κ1) is 20.5. The molecular weight excluding hydrogens is 392 g/mol. The van der Waals surface area contributed by atoms with Crippen molar-refractivity contribution in [3.63, 3.8) is 0 Å². The highest BCUT2D eigenvalue weighted by Gasteiger charge is 2.17. The molecule has 0 saturated heterocycles. The van der Waals surface area contributed by atoms with Crippen LogP contribution in [0.2, 0.25) is 0 Å². The molecule has 0 fully saturated rings. The highest BCUT2D eigenvalue weighted by Crippen LogP contribution is 2.29. The van der Waals surface area contributed by atoms with Crippen molar-refractivity contribution in [3.8, 4) is 0 Å². The van der Waals surface area contributed by atoms with E-state index in [9.17, 15) is 19.7 Å². The fraction of sp³-hybridized carbons (Fsp3) is 0.238. The largest absolute Gasteiger partial charge is 0.451 e. The van der Waals surface area contributed by atoms with E-state index >= 15 is 0 Å². The Morgan fingerprint density at radius 2 is 1.97 bits per heavy atom. The maximum atomic E-state index is 12.3. The van der Waals surface area contributed by atoms with Crippen LogP contribution in [0.4, 0.5) is 11.4 Å². The van der Waals surface area contributed by atoms with Crippen LogP contribution in [0.1, 0.15) is 41.4 Å². The van der Waals surface area contributed by atoms with Gasteiger partial charge < -0.3 is 10.1 Å². The zero-order chi connectivity index (χ0) is 21.0. The van der Waals surface area contributed by atoms with Crippen molar-refractivity contribution >= 4 is 44.7 Å². The predicted octanol–water partition coefficient (Wildman–Crippen LogP) is 5.12. The van der Waals surface area contributed by atoms with Crippen molar-refractivity contribution in [2.75, 3.05) is 11.9 Å². The number of hydrogen-bond donors (Lipinski definition) is 1. The van der Waals surface area contributed by atoms with Gasteiger partial charge in [0.25, 0.3) is 11.6 Å². The van der Waals surface area contributed by atoms with Crippen LogP contribution in [0.5, 0.6) is 0 Å². The lowest BCUT2D eigenvalue weighted by Crippen LogP contribution is -2.21. The summed E-state index contributed by atoms with van der Waals surface area (Å²) in [6.45, 7) is 3.74. The van der Waals surface area contributed by atoms with Gasteiger partial charge in [-0.15, -0.1) is 11.3 Å². The van der Waals surface area contributed by atoms with Gasteiger partial charge in [0.1, 0.15) is 4.88 Å². The Bertz CT molecular complexity index is 1080. The van der Waals surface area contributed by atoms with Crippen molar-refractivity contribution in [3.05, 3.63) is 69.1 Å². The molecular formula is C21H20N2O5S. The Labute approximate surface area is 171 Å². The van der Waals surface area contributed by atoms with Crippen LogP contribution < -0.4 is 5.32 Å². The Kier molecular flexibility index (Phi) is 6.23. The number of carbonyl (C=O) groups excluding carboxylic acids is 2. The van der Waals surface area contributed by atoms with E-state index < -0.39 is 23.4 Å². The van der Waals surface area contributed by atoms with Crippen LogP contribution in [-0.2, 0) is 9.53 Å². The number of non-ortho nitro benzene ring substituents is 1. The number of anilines is 1. The highest BCUT2D eigenvalue weighted by molar-refractivity contribution is 7.20. The molecule has 3 rings (SSSR count).